The zero-order valence-corrected chi connectivity index (χ0v) is 14.9. The first-order valence-corrected chi connectivity index (χ1v) is 8.69. The van der Waals surface area contributed by atoms with Crippen molar-refractivity contribution in [3.8, 4) is 22.9 Å². The second-order valence-electron chi connectivity index (χ2n) is 5.31. The number of aromatic nitrogens is 2. The largest absolute Gasteiger partial charge is 0.493 e. The second-order valence-corrected chi connectivity index (χ2v) is 6.33. The molecule has 0 atom stereocenters. The number of aryl methyl sites for hydroxylation is 1. The third-order valence-electron chi connectivity index (χ3n) is 3.55. The summed E-state index contributed by atoms with van der Waals surface area (Å²) in [6.45, 7) is -0.887. The number of ether oxygens (including phenoxy) is 2. The summed E-state index contributed by atoms with van der Waals surface area (Å²) in [4.78, 5) is 5.49. The fourth-order valence-corrected chi connectivity index (χ4v) is 3.16. The molecular weight excluding hydrogens is 362 g/mol. The van der Waals surface area contributed by atoms with Gasteiger partial charge in [-0.25, -0.2) is 0 Å². The molecule has 0 bridgehead atoms. The number of halogens is 2. The van der Waals surface area contributed by atoms with Crippen molar-refractivity contribution < 1.29 is 22.8 Å². The van der Waals surface area contributed by atoms with E-state index in [0.717, 1.165) is 4.90 Å². The SMILES string of the molecule is COc1cc(-c2noc(CSc3ccccc3C)n2)ccc1OC(F)F. The van der Waals surface area contributed by atoms with Gasteiger partial charge in [-0.1, -0.05) is 23.4 Å². The molecule has 2 aromatic carbocycles. The molecule has 0 saturated heterocycles. The Morgan fingerprint density at radius 1 is 1.15 bits per heavy atom. The van der Waals surface area contributed by atoms with Crippen LogP contribution in [-0.4, -0.2) is 23.9 Å². The Bertz CT molecular complexity index is 886. The van der Waals surface area contributed by atoms with Crippen molar-refractivity contribution in [2.24, 2.45) is 0 Å². The van der Waals surface area contributed by atoms with Crippen molar-refractivity contribution in [2.75, 3.05) is 7.11 Å². The van der Waals surface area contributed by atoms with Crippen molar-refractivity contribution in [3.05, 3.63) is 53.9 Å². The van der Waals surface area contributed by atoms with E-state index in [9.17, 15) is 8.78 Å². The van der Waals surface area contributed by atoms with E-state index in [1.807, 2.05) is 31.2 Å². The molecule has 3 aromatic rings. The summed E-state index contributed by atoms with van der Waals surface area (Å²) in [5.41, 5.74) is 1.76. The van der Waals surface area contributed by atoms with E-state index in [-0.39, 0.29) is 11.5 Å². The molecule has 0 aliphatic carbocycles. The standard InChI is InChI=1S/C18H16F2N2O3S/c1-11-5-3-4-6-15(11)26-10-16-21-17(22-25-16)12-7-8-13(24-18(19)20)14(9-12)23-2/h3-9,18H,10H2,1-2H3. The smallest absolute Gasteiger partial charge is 0.387 e. The van der Waals surface area contributed by atoms with Gasteiger partial charge >= 0.3 is 6.61 Å². The number of hydrogen-bond acceptors (Lipinski definition) is 6. The summed E-state index contributed by atoms with van der Waals surface area (Å²) in [7, 11) is 1.37. The van der Waals surface area contributed by atoms with Crippen molar-refractivity contribution in [3.63, 3.8) is 0 Å². The summed E-state index contributed by atoms with van der Waals surface area (Å²) in [6, 6.07) is 12.5. The lowest BCUT2D eigenvalue weighted by molar-refractivity contribution is -0.0512. The third-order valence-corrected chi connectivity index (χ3v) is 4.71. The van der Waals surface area contributed by atoms with Crippen LogP contribution >= 0.6 is 11.8 Å². The first-order valence-electron chi connectivity index (χ1n) is 7.71. The van der Waals surface area contributed by atoms with Gasteiger partial charge in [0, 0.05) is 10.5 Å². The number of benzene rings is 2. The van der Waals surface area contributed by atoms with Crippen LogP contribution in [-0.2, 0) is 5.75 Å². The minimum absolute atomic E-state index is 0.0509. The quantitative estimate of drug-likeness (QED) is 0.543. The molecule has 0 amide bonds. The molecule has 0 radical (unpaired) electrons. The number of hydrogen-bond donors (Lipinski definition) is 0. The fourth-order valence-electron chi connectivity index (χ4n) is 2.29. The van der Waals surface area contributed by atoms with Crippen LogP contribution in [0.4, 0.5) is 8.78 Å². The second kappa shape index (κ2) is 8.18. The van der Waals surface area contributed by atoms with Gasteiger partial charge in [-0.15, -0.1) is 11.8 Å². The molecule has 0 fully saturated rings. The summed E-state index contributed by atoms with van der Waals surface area (Å²) in [5, 5.41) is 3.94. The highest BCUT2D eigenvalue weighted by atomic mass is 32.2. The highest BCUT2D eigenvalue weighted by Crippen LogP contribution is 2.33. The maximum absolute atomic E-state index is 12.4. The molecule has 5 nitrogen and oxygen atoms in total. The summed E-state index contributed by atoms with van der Waals surface area (Å²) in [6.07, 6.45) is 0. The van der Waals surface area contributed by atoms with Crippen LogP contribution in [0.25, 0.3) is 11.4 Å². The Labute approximate surface area is 153 Å². The molecule has 3 rings (SSSR count). The molecule has 26 heavy (non-hydrogen) atoms. The molecular formula is C18H16F2N2O3S. The number of thioether (sulfide) groups is 1. The highest BCUT2D eigenvalue weighted by molar-refractivity contribution is 7.98. The topological polar surface area (TPSA) is 57.4 Å². The van der Waals surface area contributed by atoms with Crippen LogP contribution in [0.1, 0.15) is 11.5 Å². The van der Waals surface area contributed by atoms with Crippen molar-refractivity contribution >= 4 is 11.8 Å². The Morgan fingerprint density at radius 3 is 2.69 bits per heavy atom. The minimum Gasteiger partial charge on any atom is -0.493 e. The van der Waals surface area contributed by atoms with Gasteiger partial charge in [-0.2, -0.15) is 13.8 Å². The first kappa shape index (κ1) is 18.2. The van der Waals surface area contributed by atoms with Gasteiger partial charge in [0.25, 0.3) is 0 Å². The van der Waals surface area contributed by atoms with Crippen LogP contribution in [0, 0.1) is 6.92 Å². The number of alkyl halides is 2. The average Bonchev–Trinajstić information content (AvgIpc) is 3.10. The van der Waals surface area contributed by atoms with Crippen LogP contribution < -0.4 is 9.47 Å². The van der Waals surface area contributed by atoms with Gasteiger partial charge in [-0.3, -0.25) is 0 Å². The summed E-state index contributed by atoms with van der Waals surface area (Å²) < 4.78 is 39.6. The van der Waals surface area contributed by atoms with Gasteiger partial charge in [0.15, 0.2) is 11.5 Å². The predicted molar refractivity (Wildman–Crippen MR) is 93.7 cm³/mol. The maximum Gasteiger partial charge on any atom is 0.387 e. The molecule has 0 saturated carbocycles. The average molecular weight is 378 g/mol. The van der Waals surface area contributed by atoms with Crippen LogP contribution in [0.15, 0.2) is 51.9 Å². The fraction of sp³-hybridized carbons (Fsp3) is 0.222. The Kier molecular flexibility index (Phi) is 5.72. The monoisotopic (exact) mass is 378 g/mol. The van der Waals surface area contributed by atoms with E-state index in [4.69, 9.17) is 9.26 Å². The van der Waals surface area contributed by atoms with Crippen LogP contribution in [0.3, 0.4) is 0 Å². The molecule has 8 heteroatoms. The Balaban J connectivity index is 1.74. The molecule has 0 N–H and O–H groups in total. The van der Waals surface area contributed by atoms with Gasteiger partial charge in [-0.05, 0) is 36.8 Å². The van der Waals surface area contributed by atoms with E-state index >= 15 is 0 Å². The minimum atomic E-state index is -2.93. The van der Waals surface area contributed by atoms with Crippen molar-refractivity contribution in [1.82, 2.24) is 10.1 Å². The summed E-state index contributed by atoms with van der Waals surface area (Å²) >= 11 is 1.60. The highest BCUT2D eigenvalue weighted by Gasteiger charge is 2.15. The molecule has 0 aliphatic rings. The normalized spacial score (nSPS) is 11.0. The molecule has 1 heterocycles. The van der Waals surface area contributed by atoms with Gasteiger partial charge < -0.3 is 14.0 Å². The van der Waals surface area contributed by atoms with E-state index in [1.165, 1.54) is 24.8 Å². The molecule has 0 unspecified atom stereocenters. The Morgan fingerprint density at radius 2 is 1.96 bits per heavy atom. The molecule has 1 aromatic heterocycles. The zero-order valence-electron chi connectivity index (χ0n) is 14.1. The van der Waals surface area contributed by atoms with Gasteiger partial charge in [0.05, 0.1) is 12.9 Å². The summed E-state index contributed by atoms with van der Waals surface area (Å²) in [5.74, 6) is 1.47. The van der Waals surface area contributed by atoms with E-state index in [2.05, 4.69) is 14.9 Å². The first-order chi connectivity index (χ1) is 12.6. The van der Waals surface area contributed by atoms with E-state index in [0.29, 0.717) is 23.0 Å². The van der Waals surface area contributed by atoms with Gasteiger partial charge in [0.1, 0.15) is 0 Å². The van der Waals surface area contributed by atoms with Crippen molar-refractivity contribution in [1.29, 1.82) is 0 Å². The van der Waals surface area contributed by atoms with Crippen LogP contribution in [0.5, 0.6) is 11.5 Å². The van der Waals surface area contributed by atoms with Crippen LogP contribution in [0.2, 0.25) is 0 Å². The Hall–Kier alpha value is -2.61. The third kappa shape index (κ3) is 4.32. The van der Waals surface area contributed by atoms with Gasteiger partial charge in [0.2, 0.25) is 11.7 Å². The molecule has 0 spiro atoms. The lowest BCUT2D eigenvalue weighted by atomic mass is 10.2. The van der Waals surface area contributed by atoms with Crippen molar-refractivity contribution in [2.45, 2.75) is 24.2 Å². The number of rotatable bonds is 7. The maximum atomic E-state index is 12.4. The lowest BCUT2D eigenvalue weighted by Crippen LogP contribution is -2.03. The van der Waals surface area contributed by atoms with E-state index in [1.54, 1.807) is 17.8 Å². The number of nitrogens with zero attached hydrogens (tertiary/aromatic N) is 2. The predicted octanol–water partition coefficient (Wildman–Crippen LogP) is 4.95. The van der Waals surface area contributed by atoms with E-state index < -0.39 is 6.61 Å². The zero-order chi connectivity index (χ0) is 18.5. The molecule has 136 valence electrons. The lowest BCUT2D eigenvalue weighted by Gasteiger charge is -2.10. The molecule has 0 aliphatic heterocycles. The number of methoxy groups -OCH3 is 1.